The van der Waals surface area contributed by atoms with Crippen LogP contribution in [0.25, 0.3) is 0 Å². The van der Waals surface area contributed by atoms with E-state index in [2.05, 4.69) is 15.3 Å². The Labute approximate surface area is 109 Å². The standard InChI is InChI=1S/C13H23N5/c1-9-8-12(17-13(15-9)18(2)3)16-11-6-4-10(14)5-7-11/h8,10-11H,4-7,14H2,1-3H3,(H,15,16,17). The summed E-state index contributed by atoms with van der Waals surface area (Å²) in [7, 11) is 3.91. The van der Waals surface area contributed by atoms with Gasteiger partial charge >= 0.3 is 0 Å². The van der Waals surface area contributed by atoms with Crippen LogP contribution in [-0.4, -0.2) is 36.1 Å². The first-order valence-corrected chi connectivity index (χ1v) is 6.59. The van der Waals surface area contributed by atoms with Crippen molar-refractivity contribution in [3.63, 3.8) is 0 Å². The van der Waals surface area contributed by atoms with Crippen molar-refractivity contribution in [3.05, 3.63) is 11.8 Å². The lowest BCUT2D eigenvalue weighted by atomic mass is 9.92. The molecule has 0 atom stereocenters. The normalized spacial score (nSPS) is 23.8. The van der Waals surface area contributed by atoms with E-state index >= 15 is 0 Å². The summed E-state index contributed by atoms with van der Waals surface area (Å²) in [5.74, 6) is 1.68. The van der Waals surface area contributed by atoms with Crippen LogP contribution >= 0.6 is 0 Å². The quantitative estimate of drug-likeness (QED) is 0.850. The molecule has 0 saturated heterocycles. The first kappa shape index (κ1) is 13.1. The smallest absolute Gasteiger partial charge is 0.226 e. The monoisotopic (exact) mass is 249 g/mol. The number of anilines is 2. The number of nitrogens with two attached hydrogens (primary N) is 1. The fourth-order valence-corrected chi connectivity index (χ4v) is 2.30. The van der Waals surface area contributed by atoms with E-state index in [1.807, 2.05) is 32.0 Å². The Bertz CT molecular complexity index is 396. The molecule has 5 heteroatoms. The maximum absolute atomic E-state index is 5.92. The number of nitrogens with one attached hydrogen (secondary N) is 1. The van der Waals surface area contributed by atoms with Crippen molar-refractivity contribution in [2.24, 2.45) is 5.73 Å². The highest BCUT2D eigenvalue weighted by molar-refractivity contribution is 5.43. The van der Waals surface area contributed by atoms with Crippen LogP contribution in [0.3, 0.4) is 0 Å². The molecule has 2 rings (SSSR count). The van der Waals surface area contributed by atoms with Crippen LogP contribution in [0.1, 0.15) is 31.4 Å². The Hall–Kier alpha value is -1.36. The molecular formula is C13H23N5. The van der Waals surface area contributed by atoms with Crippen molar-refractivity contribution in [3.8, 4) is 0 Å². The molecule has 0 radical (unpaired) electrons. The zero-order valence-corrected chi connectivity index (χ0v) is 11.5. The molecule has 1 heterocycles. The molecule has 1 aromatic rings. The molecule has 0 bridgehead atoms. The van der Waals surface area contributed by atoms with Gasteiger partial charge in [-0.05, 0) is 32.6 Å². The fourth-order valence-electron chi connectivity index (χ4n) is 2.30. The van der Waals surface area contributed by atoms with Crippen LogP contribution < -0.4 is 16.0 Å². The summed E-state index contributed by atoms with van der Waals surface area (Å²) < 4.78 is 0. The Morgan fingerprint density at radius 1 is 1.22 bits per heavy atom. The second-order valence-electron chi connectivity index (χ2n) is 5.35. The second kappa shape index (κ2) is 5.52. The molecule has 0 spiro atoms. The van der Waals surface area contributed by atoms with Gasteiger partial charge in [-0.3, -0.25) is 0 Å². The van der Waals surface area contributed by atoms with Crippen LogP contribution in [0.2, 0.25) is 0 Å². The molecule has 1 aliphatic rings. The highest BCUT2D eigenvalue weighted by Crippen LogP contribution is 2.21. The minimum atomic E-state index is 0.382. The molecule has 18 heavy (non-hydrogen) atoms. The summed E-state index contributed by atoms with van der Waals surface area (Å²) in [6.45, 7) is 2.00. The van der Waals surface area contributed by atoms with Crippen molar-refractivity contribution < 1.29 is 0 Å². The molecule has 5 nitrogen and oxygen atoms in total. The molecule has 0 amide bonds. The zero-order chi connectivity index (χ0) is 13.1. The van der Waals surface area contributed by atoms with Crippen molar-refractivity contribution in [2.45, 2.75) is 44.7 Å². The summed E-state index contributed by atoms with van der Waals surface area (Å²) in [5.41, 5.74) is 6.91. The van der Waals surface area contributed by atoms with Crippen LogP contribution in [0.5, 0.6) is 0 Å². The van der Waals surface area contributed by atoms with Gasteiger partial charge in [0, 0.05) is 37.9 Å². The minimum absolute atomic E-state index is 0.382. The third-order valence-corrected chi connectivity index (χ3v) is 3.37. The van der Waals surface area contributed by atoms with Gasteiger partial charge in [0.2, 0.25) is 5.95 Å². The van der Waals surface area contributed by atoms with Crippen LogP contribution in [0.15, 0.2) is 6.07 Å². The Morgan fingerprint density at radius 2 is 1.89 bits per heavy atom. The predicted molar refractivity (Wildman–Crippen MR) is 75.0 cm³/mol. The van der Waals surface area contributed by atoms with E-state index in [1.165, 1.54) is 0 Å². The molecule has 0 aromatic carbocycles. The Morgan fingerprint density at radius 3 is 2.50 bits per heavy atom. The lowest BCUT2D eigenvalue weighted by Gasteiger charge is -2.27. The molecule has 0 unspecified atom stereocenters. The topological polar surface area (TPSA) is 67.1 Å². The van der Waals surface area contributed by atoms with Gasteiger partial charge in [0.05, 0.1) is 0 Å². The van der Waals surface area contributed by atoms with E-state index < -0.39 is 0 Å². The highest BCUT2D eigenvalue weighted by Gasteiger charge is 2.18. The van der Waals surface area contributed by atoms with E-state index in [0.29, 0.717) is 12.1 Å². The number of aryl methyl sites for hydroxylation is 1. The van der Waals surface area contributed by atoms with Crippen LogP contribution in [0, 0.1) is 6.92 Å². The summed E-state index contributed by atoms with van der Waals surface area (Å²) >= 11 is 0. The highest BCUT2D eigenvalue weighted by atomic mass is 15.2. The number of hydrogen-bond acceptors (Lipinski definition) is 5. The number of rotatable bonds is 3. The fraction of sp³-hybridized carbons (Fsp3) is 0.692. The molecule has 0 aliphatic heterocycles. The predicted octanol–water partition coefficient (Wildman–Crippen LogP) is 1.53. The maximum Gasteiger partial charge on any atom is 0.226 e. The number of aromatic nitrogens is 2. The van der Waals surface area contributed by atoms with E-state index in [4.69, 9.17) is 5.73 Å². The Balaban J connectivity index is 2.04. The van der Waals surface area contributed by atoms with Crippen LogP contribution in [0.4, 0.5) is 11.8 Å². The first-order valence-electron chi connectivity index (χ1n) is 6.59. The Kier molecular flexibility index (Phi) is 4.01. The molecule has 1 saturated carbocycles. The summed E-state index contributed by atoms with van der Waals surface area (Å²) in [6, 6.07) is 2.88. The summed E-state index contributed by atoms with van der Waals surface area (Å²) in [5, 5.41) is 3.50. The van der Waals surface area contributed by atoms with Crippen molar-refractivity contribution in [1.82, 2.24) is 9.97 Å². The number of nitrogens with zero attached hydrogens (tertiary/aromatic N) is 3. The van der Waals surface area contributed by atoms with E-state index in [1.54, 1.807) is 0 Å². The summed E-state index contributed by atoms with van der Waals surface area (Å²) in [4.78, 5) is 10.8. The van der Waals surface area contributed by atoms with Gasteiger partial charge in [-0.2, -0.15) is 4.98 Å². The van der Waals surface area contributed by atoms with Gasteiger partial charge < -0.3 is 16.0 Å². The summed E-state index contributed by atoms with van der Waals surface area (Å²) in [6.07, 6.45) is 4.45. The lowest BCUT2D eigenvalue weighted by molar-refractivity contribution is 0.410. The third-order valence-electron chi connectivity index (χ3n) is 3.37. The molecule has 1 aromatic heterocycles. The first-order chi connectivity index (χ1) is 8.54. The maximum atomic E-state index is 5.92. The minimum Gasteiger partial charge on any atom is -0.367 e. The van der Waals surface area contributed by atoms with Gasteiger partial charge in [0.15, 0.2) is 0 Å². The largest absolute Gasteiger partial charge is 0.367 e. The molecular weight excluding hydrogens is 226 g/mol. The van der Waals surface area contributed by atoms with Crippen molar-refractivity contribution in [2.75, 3.05) is 24.3 Å². The van der Waals surface area contributed by atoms with E-state index in [-0.39, 0.29) is 0 Å². The third kappa shape index (κ3) is 3.32. The SMILES string of the molecule is Cc1cc(NC2CCC(N)CC2)nc(N(C)C)n1. The van der Waals surface area contributed by atoms with Gasteiger partial charge in [-0.25, -0.2) is 4.98 Å². The zero-order valence-electron chi connectivity index (χ0n) is 11.5. The van der Waals surface area contributed by atoms with Gasteiger partial charge in [0.1, 0.15) is 5.82 Å². The van der Waals surface area contributed by atoms with Crippen molar-refractivity contribution >= 4 is 11.8 Å². The average molecular weight is 249 g/mol. The molecule has 1 fully saturated rings. The van der Waals surface area contributed by atoms with Gasteiger partial charge in [-0.1, -0.05) is 0 Å². The molecule has 100 valence electrons. The second-order valence-corrected chi connectivity index (χ2v) is 5.35. The molecule has 1 aliphatic carbocycles. The van der Waals surface area contributed by atoms with E-state index in [0.717, 1.165) is 43.1 Å². The van der Waals surface area contributed by atoms with Crippen LogP contribution in [-0.2, 0) is 0 Å². The lowest BCUT2D eigenvalue weighted by Crippen LogP contribution is -2.33. The number of hydrogen-bond donors (Lipinski definition) is 2. The average Bonchev–Trinajstić information content (AvgIpc) is 2.31. The van der Waals surface area contributed by atoms with Gasteiger partial charge in [0.25, 0.3) is 0 Å². The molecule has 3 N–H and O–H groups in total. The van der Waals surface area contributed by atoms with Gasteiger partial charge in [-0.15, -0.1) is 0 Å². The van der Waals surface area contributed by atoms with E-state index in [9.17, 15) is 0 Å². The van der Waals surface area contributed by atoms with Crippen molar-refractivity contribution in [1.29, 1.82) is 0 Å².